The Morgan fingerprint density at radius 2 is 2.20 bits per heavy atom. The van der Waals surface area contributed by atoms with Crippen LogP contribution in [-0.4, -0.2) is 21.5 Å². The SMILES string of the molecule is Cc1nc(CS(=O)CC(C)CN)sc1C. The van der Waals surface area contributed by atoms with E-state index in [-0.39, 0.29) is 0 Å². The molecule has 0 aliphatic heterocycles. The molecule has 0 aromatic carbocycles. The van der Waals surface area contributed by atoms with E-state index in [1.807, 2.05) is 20.8 Å². The third-order valence-electron chi connectivity index (χ3n) is 2.23. The zero-order chi connectivity index (χ0) is 11.4. The highest BCUT2D eigenvalue weighted by Crippen LogP contribution is 2.18. The maximum atomic E-state index is 11.7. The topological polar surface area (TPSA) is 56.0 Å². The summed E-state index contributed by atoms with van der Waals surface area (Å²) in [7, 11) is -0.828. The van der Waals surface area contributed by atoms with Crippen LogP contribution in [0.2, 0.25) is 0 Å². The molecule has 1 aromatic rings. The van der Waals surface area contributed by atoms with Crippen molar-refractivity contribution in [3.63, 3.8) is 0 Å². The van der Waals surface area contributed by atoms with Crippen molar-refractivity contribution in [2.75, 3.05) is 12.3 Å². The second-order valence-electron chi connectivity index (χ2n) is 3.84. The highest BCUT2D eigenvalue weighted by atomic mass is 32.2. The number of rotatable bonds is 5. The largest absolute Gasteiger partial charge is 0.330 e. The average molecular weight is 246 g/mol. The van der Waals surface area contributed by atoms with E-state index in [4.69, 9.17) is 5.73 Å². The fourth-order valence-electron chi connectivity index (χ4n) is 1.18. The minimum absolute atomic E-state index is 0.327. The predicted octanol–water partition coefficient (Wildman–Crippen LogP) is 1.60. The average Bonchev–Trinajstić information content (AvgIpc) is 2.45. The van der Waals surface area contributed by atoms with Crippen LogP contribution in [0, 0.1) is 19.8 Å². The van der Waals surface area contributed by atoms with E-state index in [1.165, 1.54) is 4.88 Å². The van der Waals surface area contributed by atoms with Crippen LogP contribution in [0.15, 0.2) is 0 Å². The lowest BCUT2D eigenvalue weighted by molar-refractivity contribution is 0.640. The molecule has 1 rings (SSSR count). The van der Waals surface area contributed by atoms with E-state index in [9.17, 15) is 4.21 Å². The van der Waals surface area contributed by atoms with Gasteiger partial charge in [-0.05, 0) is 26.3 Å². The van der Waals surface area contributed by atoms with Crippen LogP contribution in [0.25, 0.3) is 0 Å². The number of hydrogen-bond donors (Lipinski definition) is 1. The molecule has 0 aliphatic rings. The molecule has 0 aliphatic carbocycles. The zero-order valence-electron chi connectivity index (χ0n) is 9.45. The lowest BCUT2D eigenvalue weighted by Gasteiger charge is -2.06. The molecule has 2 N–H and O–H groups in total. The van der Waals surface area contributed by atoms with Crippen molar-refractivity contribution in [2.24, 2.45) is 11.7 Å². The first-order valence-electron chi connectivity index (χ1n) is 5.01. The van der Waals surface area contributed by atoms with Gasteiger partial charge in [-0.2, -0.15) is 0 Å². The molecule has 0 spiro atoms. The normalized spacial score (nSPS) is 15.2. The number of hydrogen-bond acceptors (Lipinski definition) is 4. The fourth-order valence-corrected chi connectivity index (χ4v) is 3.77. The van der Waals surface area contributed by atoms with Crippen molar-refractivity contribution in [3.8, 4) is 0 Å². The summed E-state index contributed by atoms with van der Waals surface area (Å²) in [6.45, 7) is 6.65. The molecule has 86 valence electrons. The molecule has 0 radical (unpaired) electrons. The van der Waals surface area contributed by atoms with E-state index >= 15 is 0 Å². The molecule has 15 heavy (non-hydrogen) atoms. The van der Waals surface area contributed by atoms with Gasteiger partial charge < -0.3 is 5.73 Å². The summed E-state index contributed by atoms with van der Waals surface area (Å²) in [5.74, 6) is 1.57. The van der Waals surface area contributed by atoms with E-state index in [0.29, 0.717) is 24.0 Å². The zero-order valence-corrected chi connectivity index (χ0v) is 11.1. The van der Waals surface area contributed by atoms with Crippen molar-refractivity contribution >= 4 is 22.1 Å². The number of nitrogens with two attached hydrogens (primary N) is 1. The van der Waals surface area contributed by atoms with Crippen molar-refractivity contribution in [2.45, 2.75) is 26.5 Å². The molecule has 2 unspecified atom stereocenters. The quantitative estimate of drug-likeness (QED) is 0.858. The van der Waals surface area contributed by atoms with Gasteiger partial charge in [-0.1, -0.05) is 6.92 Å². The van der Waals surface area contributed by atoms with E-state index in [1.54, 1.807) is 11.3 Å². The molecule has 1 aromatic heterocycles. The summed E-state index contributed by atoms with van der Waals surface area (Å²) in [6, 6.07) is 0. The summed E-state index contributed by atoms with van der Waals surface area (Å²) in [5, 5.41) is 0.979. The number of nitrogens with zero attached hydrogens (tertiary/aromatic N) is 1. The van der Waals surface area contributed by atoms with Gasteiger partial charge in [0.25, 0.3) is 0 Å². The molecule has 5 heteroatoms. The molecule has 3 nitrogen and oxygen atoms in total. The summed E-state index contributed by atoms with van der Waals surface area (Å²) in [4.78, 5) is 5.59. The molecule has 0 saturated carbocycles. The third-order valence-corrected chi connectivity index (χ3v) is 5.02. The van der Waals surface area contributed by atoms with Crippen molar-refractivity contribution in [1.29, 1.82) is 0 Å². The van der Waals surface area contributed by atoms with Crippen LogP contribution >= 0.6 is 11.3 Å². The van der Waals surface area contributed by atoms with Gasteiger partial charge in [-0.15, -0.1) is 11.3 Å². The van der Waals surface area contributed by atoms with Gasteiger partial charge >= 0.3 is 0 Å². The molecule has 2 atom stereocenters. The van der Waals surface area contributed by atoms with Gasteiger partial charge in [0.2, 0.25) is 0 Å². The molecule has 0 saturated heterocycles. The summed E-state index contributed by atoms with van der Waals surface area (Å²) in [6.07, 6.45) is 0. The summed E-state index contributed by atoms with van der Waals surface area (Å²) >= 11 is 1.64. The first kappa shape index (κ1) is 12.8. The van der Waals surface area contributed by atoms with Gasteiger partial charge in [-0.25, -0.2) is 4.98 Å². The predicted molar refractivity (Wildman–Crippen MR) is 66.5 cm³/mol. The van der Waals surface area contributed by atoms with Gasteiger partial charge in [0.05, 0.1) is 11.4 Å². The maximum absolute atomic E-state index is 11.7. The van der Waals surface area contributed by atoms with E-state index in [2.05, 4.69) is 4.98 Å². The molecule has 1 heterocycles. The van der Waals surface area contributed by atoms with Crippen molar-refractivity contribution < 1.29 is 4.21 Å². The Balaban J connectivity index is 2.51. The molecule has 0 fully saturated rings. The number of aromatic nitrogens is 1. The Kier molecular flexibility index (Phi) is 4.89. The summed E-state index contributed by atoms with van der Waals surface area (Å²) < 4.78 is 11.7. The third kappa shape index (κ3) is 4.01. The Labute approximate surface area is 97.6 Å². The molecule has 0 amide bonds. The van der Waals surface area contributed by atoms with Gasteiger partial charge in [0, 0.05) is 21.4 Å². The number of aryl methyl sites for hydroxylation is 2. The molecule has 0 bridgehead atoms. The Morgan fingerprint density at radius 3 is 2.67 bits per heavy atom. The Bertz CT molecular complexity index is 330. The standard InChI is InChI=1S/C10H18N2OS2/c1-7(4-11)5-15(13)6-10-12-8(2)9(3)14-10/h7H,4-6,11H2,1-3H3. The highest BCUT2D eigenvalue weighted by molar-refractivity contribution is 7.84. The lowest BCUT2D eigenvalue weighted by atomic mass is 10.2. The lowest BCUT2D eigenvalue weighted by Crippen LogP contribution is -2.18. The van der Waals surface area contributed by atoms with E-state index in [0.717, 1.165) is 10.7 Å². The Morgan fingerprint density at radius 1 is 1.53 bits per heavy atom. The first-order valence-corrected chi connectivity index (χ1v) is 7.31. The minimum Gasteiger partial charge on any atom is -0.330 e. The first-order chi connectivity index (χ1) is 7.02. The minimum atomic E-state index is -0.828. The van der Waals surface area contributed by atoms with Crippen LogP contribution in [-0.2, 0) is 16.6 Å². The molecular weight excluding hydrogens is 228 g/mol. The number of thiazole rings is 1. The summed E-state index contributed by atoms with van der Waals surface area (Å²) in [5.41, 5.74) is 6.55. The van der Waals surface area contributed by atoms with Crippen LogP contribution in [0.4, 0.5) is 0 Å². The monoisotopic (exact) mass is 246 g/mol. The van der Waals surface area contributed by atoms with Crippen LogP contribution < -0.4 is 5.73 Å². The van der Waals surface area contributed by atoms with Crippen LogP contribution in [0.1, 0.15) is 22.5 Å². The highest BCUT2D eigenvalue weighted by Gasteiger charge is 2.10. The van der Waals surface area contributed by atoms with Gasteiger partial charge in [-0.3, -0.25) is 4.21 Å². The van der Waals surface area contributed by atoms with Crippen LogP contribution in [0.3, 0.4) is 0 Å². The van der Waals surface area contributed by atoms with E-state index < -0.39 is 10.8 Å². The van der Waals surface area contributed by atoms with Crippen LogP contribution in [0.5, 0.6) is 0 Å². The second kappa shape index (κ2) is 5.72. The van der Waals surface area contributed by atoms with Gasteiger partial charge in [0.1, 0.15) is 5.01 Å². The smallest absolute Gasteiger partial charge is 0.106 e. The van der Waals surface area contributed by atoms with Crippen molar-refractivity contribution in [1.82, 2.24) is 4.98 Å². The second-order valence-corrected chi connectivity index (χ2v) is 6.63. The molecular formula is C10H18N2OS2. The fraction of sp³-hybridized carbons (Fsp3) is 0.700. The van der Waals surface area contributed by atoms with Gasteiger partial charge in [0.15, 0.2) is 0 Å². The Hall–Kier alpha value is -0.260. The maximum Gasteiger partial charge on any atom is 0.106 e. The van der Waals surface area contributed by atoms with Crippen molar-refractivity contribution in [3.05, 3.63) is 15.6 Å².